The minimum absolute atomic E-state index is 0.352. The molecule has 0 aromatic rings. The summed E-state index contributed by atoms with van der Waals surface area (Å²) in [5.41, 5.74) is 0. The average Bonchev–Trinajstić information content (AvgIpc) is 2.39. The van der Waals surface area contributed by atoms with Crippen LogP contribution in [0.1, 0.15) is 51.4 Å². The van der Waals surface area contributed by atoms with Gasteiger partial charge in [-0.3, -0.25) is 0 Å². The van der Waals surface area contributed by atoms with Crippen molar-refractivity contribution in [2.45, 2.75) is 51.4 Å². The summed E-state index contributed by atoms with van der Waals surface area (Å²) >= 11 is 0. The third kappa shape index (κ3) is 2.76. The van der Waals surface area contributed by atoms with E-state index in [1.54, 1.807) is 0 Å². The zero-order valence-electron chi connectivity index (χ0n) is 10.1. The molecule has 2 rings (SSSR count). The van der Waals surface area contributed by atoms with Gasteiger partial charge in [0.25, 0.3) is 0 Å². The summed E-state index contributed by atoms with van der Waals surface area (Å²) in [4.78, 5) is 0. The molecular weight excluding hydrogens is 193 g/mol. The van der Waals surface area contributed by atoms with Crippen LogP contribution >= 0.6 is 0 Å². The summed E-state index contributed by atoms with van der Waals surface area (Å²) in [6.45, 7) is 0. The minimum atomic E-state index is 0.352. The van der Waals surface area contributed by atoms with Crippen molar-refractivity contribution >= 4 is 13.5 Å². The summed E-state index contributed by atoms with van der Waals surface area (Å²) in [5.74, 6) is 4.75. The quantitative estimate of drug-likeness (QED) is 0.648. The molecule has 2 fully saturated rings. The van der Waals surface area contributed by atoms with E-state index in [9.17, 15) is 0 Å². The van der Waals surface area contributed by atoms with Crippen molar-refractivity contribution in [1.82, 2.24) is 0 Å². The number of hydrogen-bond donors (Lipinski definition) is 0. The van der Waals surface area contributed by atoms with E-state index in [0.29, 0.717) is 11.8 Å². The Morgan fingerprint density at radius 1 is 0.875 bits per heavy atom. The Morgan fingerprint density at radius 2 is 1.38 bits per heavy atom. The zero-order chi connectivity index (χ0) is 11.4. The van der Waals surface area contributed by atoms with Crippen LogP contribution < -0.4 is 0 Å². The first-order valence-corrected chi connectivity index (χ1v) is 6.78. The van der Waals surface area contributed by atoms with E-state index in [-0.39, 0.29) is 0 Å². The maximum absolute atomic E-state index is 8.89. The first kappa shape index (κ1) is 11.9. The molecule has 0 bridgehead atoms. The summed E-state index contributed by atoms with van der Waals surface area (Å²) in [6.07, 6.45) is 10.2. The van der Waals surface area contributed by atoms with Crippen molar-refractivity contribution in [2.24, 2.45) is 23.7 Å². The molecule has 2 aliphatic rings. The molecule has 1 radical (unpaired) electrons. The third-order valence-corrected chi connectivity index (χ3v) is 4.71. The van der Waals surface area contributed by atoms with Crippen LogP contribution in [0.15, 0.2) is 0 Å². The fourth-order valence-corrected chi connectivity index (χ4v) is 3.53. The van der Waals surface area contributed by atoms with Crippen LogP contribution in [0.4, 0.5) is 0 Å². The van der Waals surface area contributed by atoms with E-state index in [0.717, 1.165) is 24.7 Å². The monoisotopic (exact) mass is 214 g/mol. The van der Waals surface area contributed by atoms with Crippen molar-refractivity contribution in [2.75, 3.05) is 0 Å². The molecule has 0 spiro atoms. The van der Waals surface area contributed by atoms with Gasteiger partial charge < -0.3 is 0 Å². The first-order valence-electron chi connectivity index (χ1n) is 6.78. The molecule has 0 aromatic heterocycles. The summed E-state index contributed by atoms with van der Waals surface area (Å²) < 4.78 is 0. The van der Waals surface area contributed by atoms with Gasteiger partial charge in [-0.15, -0.1) is 0 Å². The van der Waals surface area contributed by atoms with Crippen LogP contribution in [0.2, 0.25) is 0 Å². The molecule has 0 N–H and O–H groups in total. The summed E-state index contributed by atoms with van der Waals surface area (Å²) in [7, 11) is 5.60. The van der Waals surface area contributed by atoms with Crippen LogP contribution in [0.5, 0.6) is 0 Å². The average molecular weight is 214 g/mol. The number of nitrogens with zero attached hydrogens (tertiary/aromatic N) is 1. The molecule has 0 amide bonds. The van der Waals surface area contributed by atoms with E-state index in [2.05, 4.69) is 6.07 Å². The normalized spacial score (nSPS) is 39.9. The Kier molecular flexibility index (Phi) is 4.21. The van der Waals surface area contributed by atoms with Crippen molar-refractivity contribution in [1.29, 1.82) is 5.26 Å². The molecular formula is C14H21BN. The SMILES string of the molecule is [B]=CC1CCC(C2CCC(C#N)CC2)CC1. The predicted octanol–water partition coefficient (Wildman–Crippen LogP) is 3.09. The van der Waals surface area contributed by atoms with E-state index in [1.807, 2.05) is 5.97 Å². The first-order chi connectivity index (χ1) is 7.83. The molecule has 0 aromatic carbocycles. The summed E-state index contributed by atoms with van der Waals surface area (Å²) in [6, 6.07) is 2.42. The Balaban J connectivity index is 1.78. The van der Waals surface area contributed by atoms with Crippen molar-refractivity contribution in [3.05, 3.63) is 0 Å². The molecule has 0 heterocycles. The fraction of sp³-hybridized carbons (Fsp3) is 0.857. The Hall–Kier alpha value is -0.575. The van der Waals surface area contributed by atoms with E-state index in [4.69, 9.17) is 12.7 Å². The second kappa shape index (κ2) is 5.66. The van der Waals surface area contributed by atoms with Gasteiger partial charge in [0.15, 0.2) is 0 Å². The molecule has 0 atom stereocenters. The molecule has 0 saturated heterocycles. The van der Waals surface area contributed by atoms with Gasteiger partial charge in [-0.2, -0.15) is 0 Å². The van der Waals surface area contributed by atoms with Gasteiger partial charge in [0.1, 0.15) is 0 Å². The second-order valence-corrected chi connectivity index (χ2v) is 5.61. The van der Waals surface area contributed by atoms with E-state index < -0.39 is 0 Å². The number of hydrogen-bond acceptors (Lipinski definition) is 1. The summed E-state index contributed by atoms with van der Waals surface area (Å²) in [5, 5.41) is 8.89. The number of nitriles is 1. The van der Waals surface area contributed by atoms with Crippen LogP contribution in [-0.2, 0) is 0 Å². The van der Waals surface area contributed by atoms with Crippen LogP contribution in [0.3, 0.4) is 0 Å². The van der Waals surface area contributed by atoms with E-state index in [1.165, 1.54) is 38.5 Å². The van der Waals surface area contributed by atoms with Gasteiger partial charge in [0.05, 0.1) is 0 Å². The van der Waals surface area contributed by atoms with Crippen LogP contribution in [0, 0.1) is 35.0 Å². The van der Waals surface area contributed by atoms with Crippen molar-refractivity contribution < 1.29 is 0 Å². The molecule has 85 valence electrons. The molecule has 0 aliphatic heterocycles. The zero-order valence-corrected chi connectivity index (χ0v) is 10.1. The third-order valence-electron chi connectivity index (χ3n) is 4.71. The standard InChI is InChI=1S/C14H21BN/c15-9-11-1-5-13(6-2-11)14-7-3-12(10-16)4-8-14/h9,11-14H,1-8H2. The Morgan fingerprint density at radius 3 is 1.81 bits per heavy atom. The number of rotatable bonds is 2. The molecule has 1 nitrogen and oxygen atoms in total. The van der Waals surface area contributed by atoms with Gasteiger partial charge in [-0.05, 0) is 0 Å². The van der Waals surface area contributed by atoms with Crippen molar-refractivity contribution in [3.63, 3.8) is 0 Å². The van der Waals surface area contributed by atoms with Gasteiger partial charge in [0.2, 0.25) is 0 Å². The molecule has 0 unspecified atom stereocenters. The Bertz CT molecular complexity index is 265. The van der Waals surface area contributed by atoms with Gasteiger partial charge in [-0.25, -0.2) is 0 Å². The van der Waals surface area contributed by atoms with Gasteiger partial charge >= 0.3 is 99.8 Å². The van der Waals surface area contributed by atoms with Crippen molar-refractivity contribution in [3.8, 4) is 6.07 Å². The molecule has 2 heteroatoms. The van der Waals surface area contributed by atoms with Gasteiger partial charge in [-0.1, -0.05) is 0 Å². The fourth-order valence-electron chi connectivity index (χ4n) is 3.53. The molecule has 2 aliphatic carbocycles. The van der Waals surface area contributed by atoms with Crippen LogP contribution in [-0.4, -0.2) is 13.5 Å². The maximum atomic E-state index is 8.89. The topological polar surface area (TPSA) is 23.8 Å². The van der Waals surface area contributed by atoms with Crippen LogP contribution in [0.25, 0.3) is 0 Å². The van der Waals surface area contributed by atoms with Gasteiger partial charge in [0, 0.05) is 0 Å². The molecule has 16 heavy (non-hydrogen) atoms. The molecule has 2 saturated carbocycles. The second-order valence-electron chi connectivity index (χ2n) is 5.61. The Labute approximate surface area is 100 Å². The predicted molar refractivity (Wildman–Crippen MR) is 68.3 cm³/mol. The van der Waals surface area contributed by atoms with E-state index >= 15 is 0 Å².